The van der Waals surface area contributed by atoms with Crippen molar-refractivity contribution in [2.45, 2.75) is 13.0 Å². The van der Waals surface area contributed by atoms with E-state index >= 15 is 0 Å². The Balaban J connectivity index is 1.91. The predicted molar refractivity (Wildman–Crippen MR) is 78.1 cm³/mol. The van der Waals surface area contributed by atoms with Crippen molar-refractivity contribution < 1.29 is 0 Å². The van der Waals surface area contributed by atoms with Crippen LogP contribution in [0.25, 0.3) is 10.2 Å². The summed E-state index contributed by atoms with van der Waals surface area (Å²) in [6.45, 7) is 2.18. The van der Waals surface area contributed by atoms with Crippen LogP contribution in [-0.2, 0) is 0 Å². The Hall–Kier alpha value is -1.87. The van der Waals surface area contributed by atoms with Crippen molar-refractivity contribution in [3.8, 4) is 0 Å². The first-order chi connectivity index (χ1) is 8.84. The van der Waals surface area contributed by atoms with Crippen molar-refractivity contribution in [1.82, 2.24) is 4.98 Å². The van der Waals surface area contributed by atoms with Crippen LogP contribution in [0.2, 0.25) is 0 Å². The van der Waals surface area contributed by atoms with Gasteiger partial charge in [-0.15, -0.1) is 11.3 Å². The number of nitrogens with zero attached hydrogens (tertiary/aromatic N) is 1. The summed E-state index contributed by atoms with van der Waals surface area (Å²) in [6, 6.07) is 14.9. The number of pyridine rings is 1. The van der Waals surface area contributed by atoms with Crippen LogP contribution in [0.4, 0.5) is 5.69 Å². The molecule has 0 saturated heterocycles. The summed E-state index contributed by atoms with van der Waals surface area (Å²) < 4.78 is 1.22. The normalized spacial score (nSPS) is 12.5. The van der Waals surface area contributed by atoms with Gasteiger partial charge in [0, 0.05) is 12.2 Å². The zero-order chi connectivity index (χ0) is 12.4. The number of nitrogens with one attached hydrogen (secondary N) is 1. The van der Waals surface area contributed by atoms with Gasteiger partial charge in [-0.2, -0.15) is 0 Å². The molecule has 0 unspecified atom stereocenters. The van der Waals surface area contributed by atoms with Gasteiger partial charge in [-0.1, -0.05) is 30.3 Å². The van der Waals surface area contributed by atoms with Crippen LogP contribution in [0.15, 0.2) is 54.0 Å². The topological polar surface area (TPSA) is 24.9 Å². The van der Waals surface area contributed by atoms with E-state index in [0.29, 0.717) is 6.04 Å². The highest BCUT2D eigenvalue weighted by atomic mass is 32.1. The summed E-state index contributed by atoms with van der Waals surface area (Å²) in [5.74, 6) is 0. The lowest BCUT2D eigenvalue weighted by Crippen LogP contribution is -2.06. The van der Waals surface area contributed by atoms with Crippen molar-refractivity contribution in [2.75, 3.05) is 5.32 Å². The first-order valence-electron chi connectivity index (χ1n) is 5.98. The lowest BCUT2D eigenvalue weighted by molar-refractivity contribution is 0.887. The van der Waals surface area contributed by atoms with E-state index in [0.717, 1.165) is 11.2 Å². The summed E-state index contributed by atoms with van der Waals surface area (Å²) >= 11 is 1.73. The number of thiophene rings is 1. The van der Waals surface area contributed by atoms with E-state index in [9.17, 15) is 0 Å². The van der Waals surface area contributed by atoms with Gasteiger partial charge in [-0.05, 0) is 30.0 Å². The summed E-state index contributed by atoms with van der Waals surface area (Å²) in [5.41, 5.74) is 3.51. The fraction of sp³-hybridized carbons (Fsp3) is 0.133. The molecule has 90 valence electrons. The standard InChI is InChI=1S/C15H14N2S/c1-11(12-5-3-2-4-6-12)17-14-7-9-16-13-8-10-18-15(13)14/h2-11H,1H3,(H,16,17)/t11-/m0/s1. The highest BCUT2D eigenvalue weighted by Crippen LogP contribution is 2.29. The summed E-state index contributed by atoms with van der Waals surface area (Å²) in [4.78, 5) is 4.35. The van der Waals surface area contributed by atoms with Crippen molar-refractivity contribution in [2.24, 2.45) is 0 Å². The molecule has 18 heavy (non-hydrogen) atoms. The van der Waals surface area contributed by atoms with Crippen LogP contribution in [0.1, 0.15) is 18.5 Å². The molecule has 0 aliphatic heterocycles. The molecule has 2 aromatic heterocycles. The fourth-order valence-corrected chi connectivity index (χ4v) is 2.87. The van der Waals surface area contributed by atoms with Crippen LogP contribution in [-0.4, -0.2) is 4.98 Å². The second kappa shape index (κ2) is 4.78. The van der Waals surface area contributed by atoms with Crippen LogP contribution in [0, 0.1) is 0 Å². The largest absolute Gasteiger partial charge is 0.377 e. The Bertz CT molecular complexity index is 646. The number of hydrogen-bond donors (Lipinski definition) is 1. The molecule has 3 rings (SSSR count). The maximum absolute atomic E-state index is 4.35. The molecular weight excluding hydrogens is 240 g/mol. The minimum absolute atomic E-state index is 0.291. The average molecular weight is 254 g/mol. The molecule has 3 heteroatoms. The van der Waals surface area contributed by atoms with Crippen LogP contribution < -0.4 is 5.32 Å². The molecule has 2 heterocycles. The van der Waals surface area contributed by atoms with E-state index in [1.54, 1.807) is 11.3 Å². The van der Waals surface area contributed by atoms with Crippen molar-refractivity contribution in [3.63, 3.8) is 0 Å². The van der Waals surface area contributed by atoms with Gasteiger partial charge in [-0.25, -0.2) is 0 Å². The highest BCUT2D eigenvalue weighted by Gasteiger charge is 2.08. The second-order valence-corrected chi connectivity index (χ2v) is 5.19. The molecule has 0 radical (unpaired) electrons. The molecule has 0 aliphatic rings. The van der Waals surface area contributed by atoms with Gasteiger partial charge in [0.1, 0.15) is 0 Å². The summed E-state index contributed by atoms with van der Waals surface area (Å²) in [5, 5.41) is 5.64. The number of rotatable bonds is 3. The molecule has 0 bridgehead atoms. The Kier molecular flexibility index (Phi) is 2.99. The van der Waals surface area contributed by atoms with Gasteiger partial charge < -0.3 is 5.32 Å². The van der Waals surface area contributed by atoms with Gasteiger partial charge in [-0.3, -0.25) is 4.98 Å². The Morgan fingerprint density at radius 3 is 2.78 bits per heavy atom. The van der Waals surface area contributed by atoms with E-state index in [1.165, 1.54) is 10.3 Å². The van der Waals surface area contributed by atoms with E-state index in [4.69, 9.17) is 0 Å². The van der Waals surface area contributed by atoms with Gasteiger partial charge in [0.15, 0.2) is 0 Å². The van der Waals surface area contributed by atoms with Crippen LogP contribution in [0.3, 0.4) is 0 Å². The van der Waals surface area contributed by atoms with Gasteiger partial charge >= 0.3 is 0 Å². The highest BCUT2D eigenvalue weighted by molar-refractivity contribution is 7.17. The zero-order valence-corrected chi connectivity index (χ0v) is 10.9. The monoisotopic (exact) mass is 254 g/mol. The number of hydrogen-bond acceptors (Lipinski definition) is 3. The molecule has 0 spiro atoms. The van der Waals surface area contributed by atoms with E-state index < -0.39 is 0 Å². The van der Waals surface area contributed by atoms with Crippen molar-refractivity contribution in [1.29, 1.82) is 0 Å². The lowest BCUT2D eigenvalue weighted by Gasteiger charge is -2.16. The van der Waals surface area contributed by atoms with Crippen LogP contribution >= 0.6 is 11.3 Å². The smallest absolute Gasteiger partial charge is 0.0830 e. The molecule has 0 saturated carbocycles. The van der Waals surface area contributed by atoms with Crippen molar-refractivity contribution >= 4 is 27.2 Å². The molecule has 0 fully saturated rings. The molecule has 1 atom stereocenters. The molecular formula is C15H14N2S. The van der Waals surface area contributed by atoms with E-state index in [2.05, 4.69) is 52.9 Å². The van der Waals surface area contributed by atoms with Gasteiger partial charge in [0.2, 0.25) is 0 Å². The SMILES string of the molecule is C[C@H](Nc1ccnc2ccsc12)c1ccccc1. The molecule has 0 amide bonds. The minimum atomic E-state index is 0.291. The molecule has 0 aliphatic carbocycles. The quantitative estimate of drug-likeness (QED) is 0.746. The number of anilines is 1. The Labute approximate surface area is 110 Å². The molecule has 1 N–H and O–H groups in total. The summed E-state index contributed by atoms with van der Waals surface area (Å²) in [7, 11) is 0. The summed E-state index contributed by atoms with van der Waals surface area (Å²) in [6.07, 6.45) is 1.86. The predicted octanol–water partition coefficient (Wildman–Crippen LogP) is 4.47. The maximum Gasteiger partial charge on any atom is 0.0830 e. The first-order valence-corrected chi connectivity index (χ1v) is 6.86. The number of aromatic nitrogens is 1. The van der Waals surface area contributed by atoms with E-state index in [1.807, 2.05) is 18.3 Å². The molecule has 2 nitrogen and oxygen atoms in total. The minimum Gasteiger partial charge on any atom is -0.377 e. The number of benzene rings is 1. The van der Waals surface area contributed by atoms with Gasteiger partial charge in [0.25, 0.3) is 0 Å². The fourth-order valence-electron chi connectivity index (χ4n) is 2.05. The molecule has 1 aromatic carbocycles. The van der Waals surface area contributed by atoms with Crippen molar-refractivity contribution in [3.05, 3.63) is 59.6 Å². The first kappa shape index (κ1) is 11.2. The third-order valence-corrected chi connectivity index (χ3v) is 3.95. The second-order valence-electron chi connectivity index (χ2n) is 4.27. The Morgan fingerprint density at radius 1 is 1.11 bits per heavy atom. The lowest BCUT2D eigenvalue weighted by atomic mass is 10.1. The average Bonchev–Trinajstić information content (AvgIpc) is 2.89. The van der Waals surface area contributed by atoms with E-state index in [-0.39, 0.29) is 0 Å². The Morgan fingerprint density at radius 2 is 1.94 bits per heavy atom. The maximum atomic E-state index is 4.35. The molecule has 3 aromatic rings. The van der Waals surface area contributed by atoms with Crippen LogP contribution in [0.5, 0.6) is 0 Å². The zero-order valence-electron chi connectivity index (χ0n) is 10.1. The third kappa shape index (κ3) is 2.09. The number of fused-ring (bicyclic) bond motifs is 1. The van der Waals surface area contributed by atoms with Gasteiger partial charge in [0.05, 0.1) is 15.9 Å². The third-order valence-electron chi connectivity index (χ3n) is 3.02.